The summed E-state index contributed by atoms with van der Waals surface area (Å²) < 4.78 is 5.20. The lowest BCUT2D eigenvalue weighted by Gasteiger charge is -2.07. The van der Waals surface area contributed by atoms with E-state index in [2.05, 4.69) is 19.2 Å². The number of benzene rings is 1. The zero-order valence-electron chi connectivity index (χ0n) is 17.9. The maximum Gasteiger partial charge on any atom is 0.325 e. The number of esters is 1. The van der Waals surface area contributed by atoms with Gasteiger partial charge < -0.3 is 10.1 Å². The lowest BCUT2D eigenvalue weighted by atomic mass is 10.1. The number of aryl methyl sites for hydroxylation is 1. The van der Waals surface area contributed by atoms with E-state index in [1.165, 1.54) is 50.5 Å². The first-order valence-electron chi connectivity index (χ1n) is 11.2. The van der Waals surface area contributed by atoms with Crippen LogP contribution >= 0.6 is 0 Å². The van der Waals surface area contributed by atoms with Crippen molar-refractivity contribution in [3.05, 3.63) is 35.4 Å². The number of hydrogen-bond donors (Lipinski definition) is 1. The Morgan fingerprint density at radius 1 is 0.786 bits per heavy atom. The molecule has 28 heavy (non-hydrogen) atoms. The van der Waals surface area contributed by atoms with Gasteiger partial charge in [-0.05, 0) is 37.0 Å². The van der Waals surface area contributed by atoms with E-state index >= 15 is 0 Å². The summed E-state index contributed by atoms with van der Waals surface area (Å²) in [6.07, 6.45) is 14.4. The topological polar surface area (TPSA) is 55.4 Å². The Labute approximate surface area is 171 Å². The highest BCUT2D eigenvalue weighted by molar-refractivity contribution is 5.95. The van der Waals surface area contributed by atoms with E-state index in [0.717, 1.165) is 32.1 Å². The Morgan fingerprint density at radius 2 is 1.36 bits per heavy atom. The van der Waals surface area contributed by atoms with E-state index in [-0.39, 0.29) is 18.4 Å². The van der Waals surface area contributed by atoms with Gasteiger partial charge in [-0.3, -0.25) is 9.59 Å². The van der Waals surface area contributed by atoms with Gasteiger partial charge in [-0.1, -0.05) is 83.8 Å². The van der Waals surface area contributed by atoms with Crippen molar-refractivity contribution >= 4 is 11.9 Å². The van der Waals surface area contributed by atoms with Crippen LogP contribution in [0.15, 0.2) is 24.3 Å². The number of unbranched alkanes of at least 4 members (excludes halogenated alkanes) is 9. The Kier molecular flexibility index (Phi) is 14.0. The number of ether oxygens (including phenoxy) is 1. The minimum atomic E-state index is -0.368. The molecule has 0 fully saturated rings. The average Bonchev–Trinajstić information content (AvgIpc) is 2.72. The van der Waals surface area contributed by atoms with Crippen LogP contribution in [-0.4, -0.2) is 25.0 Å². The van der Waals surface area contributed by atoms with Crippen LogP contribution in [0.25, 0.3) is 0 Å². The zero-order valence-corrected chi connectivity index (χ0v) is 17.9. The lowest BCUT2D eigenvalue weighted by Crippen LogP contribution is -2.30. The second-order valence-corrected chi connectivity index (χ2v) is 7.53. The summed E-state index contributed by atoms with van der Waals surface area (Å²) >= 11 is 0. The third-order valence-corrected chi connectivity index (χ3v) is 4.94. The van der Waals surface area contributed by atoms with Crippen molar-refractivity contribution in [2.24, 2.45) is 0 Å². The van der Waals surface area contributed by atoms with Crippen LogP contribution in [0.4, 0.5) is 0 Å². The van der Waals surface area contributed by atoms with Crippen LogP contribution in [0.3, 0.4) is 0 Å². The van der Waals surface area contributed by atoms with Gasteiger partial charge in [0.1, 0.15) is 6.54 Å². The van der Waals surface area contributed by atoms with Gasteiger partial charge in [-0.2, -0.15) is 0 Å². The molecule has 0 aliphatic rings. The fourth-order valence-electron chi connectivity index (χ4n) is 3.11. The summed E-state index contributed by atoms with van der Waals surface area (Å²) in [5.41, 5.74) is 1.81. The van der Waals surface area contributed by atoms with Crippen LogP contribution in [0.2, 0.25) is 0 Å². The van der Waals surface area contributed by atoms with Gasteiger partial charge in [-0.15, -0.1) is 0 Å². The first kappa shape index (κ1) is 24.2. The number of amides is 1. The summed E-state index contributed by atoms with van der Waals surface area (Å²) in [4.78, 5) is 23.8. The van der Waals surface area contributed by atoms with Gasteiger partial charge in [0.15, 0.2) is 0 Å². The second-order valence-electron chi connectivity index (χ2n) is 7.53. The van der Waals surface area contributed by atoms with E-state index in [4.69, 9.17) is 4.74 Å². The van der Waals surface area contributed by atoms with Crippen molar-refractivity contribution in [1.29, 1.82) is 0 Å². The number of nitrogens with one attached hydrogen (secondary N) is 1. The maximum absolute atomic E-state index is 12.1. The molecule has 1 aromatic carbocycles. The summed E-state index contributed by atoms with van der Waals surface area (Å²) in [5, 5.41) is 2.63. The van der Waals surface area contributed by atoms with Crippen molar-refractivity contribution in [2.45, 2.75) is 90.9 Å². The standard InChI is InChI=1S/C24H39NO3/c1-3-5-7-8-9-10-11-12-13-19-28-23(26)20-25-24(27)22-17-15-21(16-18-22)14-6-4-2/h15-18H,3-14,19-20H2,1-2H3,(H,25,27). The predicted molar refractivity (Wildman–Crippen MR) is 116 cm³/mol. The van der Waals surface area contributed by atoms with Gasteiger partial charge in [0.2, 0.25) is 0 Å². The molecule has 1 aromatic rings. The van der Waals surface area contributed by atoms with Crippen LogP contribution in [0.1, 0.15) is 100 Å². The lowest BCUT2D eigenvalue weighted by molar-refractivity contribution is -0.142. The average molecular weight is 390 g/mol. The van der Waals surface area contributed by atoms with Crippen molar-refractivity contribution in [3.8, 4) is 0 Å². The first-order chi connectivity index (χ1) is 13.7. The van der Waals surface area contributed by atoms with Gasteiger partial charge in [0.05, 0.1) is 6.61 Å². The Bertz CT molecular complexity index is 539. The van der Waals surface area contributed by atoms with E-state index in [0.29, 0.717) is 12.2 Å². The highest BCUT2D eigenvalue weighted by atomic mass is 16.5. The summed E-state index contributed by atoms with van der Waals surface area (Å²) in [7, 11) is 0. The Morgan fingerprint density at radius 3 is 1.96 bits per heavy atom. The molecular formula is C24H39NO3. The molecule has 0 aliphatic heterocycles. The molecule has 0 radical (unpaired) electrons. The van der Waals surface area contributed by atoms with Crippen molar-refractivity contribution in [2.75, 3.05) is 13.2 Å². The van der Waals surface area contributed by atoms with Crippen molar-refractivity contribution in [3.63, 3.8) is 0 Å². The van der Waals surface area contributed by atoms with Crippen molar-refractivity contribution < 1.29 is 14.3 Å². The largest absolute Gasteiger partial charge is 0.464 e. The fourth-order valence-corrected chi connectivity index (χ4v) is 3.11. The molecule has 0 aliphatic carbocycles. The third-order valence-electron chi connectivity index (χ3n) is 4.94. The molecule has 158 valence electrons. The Hall–Kier alpha value is -1.84. The minimum Gasteiger partial charge on any atom is -0.464 e. The summed E-state index contributed by atoms with van der Waals surface area (Å²) in [6, 6.07) is 7.58. The minimum absolute atomic E-state index is 0.0755. The van der Waals surface area contributed by atoms with E-state index in [9.17, 15) is 9.59 Å². The van der Waals surface area contributed by atoms with E-state index in [1.807, 2.05) is 24.3 Å². The molecule has 1 rings (SSSR count). The number of carbonyl (C=O) groups is 2. The molecule has 0 saturated heterocycles. The van der Waals surface area contributed by atoms with Gasteiger partial charge in [-0.25, -0.2) is 0 Å². The van der Waals surface area contributed by atoms with Crippen LogP contribution < -0.4 is 5.32 Å². The molecule has 0 bridgehead atoms. The fraction of sp³-hybridized carbons (Fsp3) is 0.667. The molecule has 0 aromatic heterocycles. The molecule has 0 saturated carbocycles. The monoisotopic (exact) mass is 389 g/mol. The normalized spacial score (nSPS) is 10.6. The molecule has 0 spiro atoms. The van der Waals surface area contributed by atoms with E-state index in [1.54, 1.807) is 0 Å². The van der Waals surface area contributed by atoms with Gasteiger partial charge in [0.25, 0.3) is 5.91 Å². The molecule has 1 amide bonds. The highest BCUT2D eigenvalue weighted by Gasteiger charge is 2.09. The molecule has 0 unspecified atom stereocenters. The maximum atomic E-state index is 12.1. The highest BCUT2D eigenvalue weighted by Crippen LogP contribution is 2.10. The molecule has 1 N–H and O–H groups in total. The second kappa shape index (κ2) is 16.1. The molecule has 0 heterocycles. The van der Waals surface area contributed by atoms with E-state index < -0.39 is 0 Å². The molecule has 4 nitrogen and oxygen atoms in total. The zero-order chi connectivity index (χ0) is 20.5. The van der Waals surface area contributed by atoms with Crippen LogP contribution in [0, 0.1) is 0 Å². The number of hydrogen-bond acceptors (Lipinski definition) is 3. The summed E-state index contributed by atoms with van der Waals surface area (Å²) in [6.45, 7) is 4.76. The van der Waals surface area contributed by atoms with Crippen LogP contribution in [-0.2, 0) is 16.0 Å². The first-order valence-corrected chi connectivity index (χ1v) is 11.2. The van der Waals surface area contributed by atoms with Crippen LogP contribution in [0.5, 0.6) is 0 Å². The summed E-state index contributed by atoms with van der Waals surface area (Å²) in [5.74, 6) is -0.602. The molecule has 0 atom stereocenters. The molecule has 4 heteroatoms. The SMILES string of the molecule is CCCCCCCCCCCOC(=O)CNC(=O)c1ccc(CCCC)cc1. The Balaban J connectivity index is 2.05. The quantitative estimate of drug-likeness (QED) is 0.286. The van der Waals surface area contributed by atoms with Crippen molar-refractivity contribution in [1.82, 2.24) is 5.32 Å². The molecular weight excluding hydrogens is 350 g/mol. The van der Waals surface area contributed by atoms with Gasteiger partial charge >= 0.3 is 5.97 Å². The van der Waals surface area contributed by atoms with Gasteiger partial charge in [0, 0.05) is 5.56 Å². The smallest absolute Gasteiger partial charge is 0.325 e. The number of rotatable bonds is 16. The predicted octanol–water partition coefficient (Wildman–Crippen LogP) is 5.83. The number of carbonyl (C=O) groups excluding carboxylic acids is 2. The third kappa shape index (κ3) is 11.8.